The van der Waals surface area contributed by atoms with Crippen molar-refractivity contribution in [3.8, 4) is 0 Å². The Morgan fingerprint density at radius 1 is 1.19 bits per heavy atom. The summed E-state index contributed by atoms with van der Waals surface area (Å²) in [4.78, 5) is 5.70. The van der Waals surface area contributed by atoms with Gasteiger partial charge in [-0.25, -0.2) is 4.57 Å². The molecule has 0 saturated heterocycles. The molecule has 0 N–H and O–H groups in total. The number of aromatic nitrogens is 2. The lowest BCUT2D eigenvalue weighted by atomic mass is 10.3. The third kappa shape index (κ3) is 3.54. The molecule has 0 aliphatic carbocycles. The monoisotopic (exact) mass is 225 g/mol. The first kappa shape index (κ1) is 13.1. The second-order valence-corrected chi connectivity index (χ2v) is 4.17. The zero-order chi connectivity index (χ0) is 11.8. The fraction of sp³-hybridized carbons (Fsp3) is 0.769. The van der Waals surface area contributed by atoms with Crippen LogP contribution in [0.2, 0.25) is 0 Å². The summed E-state index contributed by atoms with van der Waals surface area (Å²) < 4.78 is 4.27. The van der Waals surface area contributed by atoms with Crippen molar-refractivity contribution < 1.29 is 9.40 Å². The highest BCUT2D eigenvalue weighted by molar-refractivity contribution is 4.80. The average molecular weight is 225 g/mol. The Morgan fingerprint density at radius 3 is 2.62 bits per heavy atom. The molecule has 1 heterocycles. The summed E-state index contributed by atoms with van der Waals surface area (Å²) in [6.07, 6.45) is 9.94. The van der Waals surface area contributed by atoms with Gasteiger partial charge in [0, 0.05) is 0 Å². The molecule has 0 radical (unpaired) electrons. The molecule has 1 aromatic rings. The number of hydrogen-bond acceptors (Lipinski definition) is 1. The molecule has 0 aliphatic heterocycles. The molecule has 0 amide bonds. The minimum atomic E-state index is 0.791. The highest BCUT2D eigenvalue weighted by Crippen LogP contribution is 1.99. The Bertz CT molecular complexity index is 269. The molecular weight excluding hydrogens is 200 g/mol. The normalized spacial score (nSPS) is 10.7. The van der Waals surface area contributed by atoms with E-state index in [0.29, 0.717) is 0 Å². The lowest BCUT2D eigenvalue weighted by Gasteiger charge is -2.03. The molecule has 16 heavy (non-hydrogen) atoms. The van der Waals surface area contributed by atoms with Crippen LogP contribution in [0.5, 0.6) is 0 Å². The van der Waals surface area contributed by atoms with E-state index in [9.17, 15) is 0 Å². The SMILES string of the molecule is CCCC[n+]1ccn(OCCC)c1CCC. The summed E-state index contributed by atoms with van der Waals surface area (Å²) in [5.74, 6) is 1.30. The number of imidazole rings is 1. The maximum absolute atomic E-state index is 5.70. The van der Waals surface area contributed by atoms with Gasteiger partial charge in [-0.1, -0.05) is 27.2 Å². The predicted molar refractivity (Wildman–Crippen MR) is 65.3 cm³/mol. The molecule has 0 aromatic carbocycles. The van der Waals surface area contributed by atoms with Gasteiger partial charge in [0.05, 0.1) is 13.0 Å². The second-order valence-electron chi connectivity index (χ2n) is 4.17. The maximum atomic E-state index is 5.70. The molecule has 0 bridgehead atoms. The Balaban J connectivity index is 2.70. The van der Waals surface area contributed by atoms with E-state index in [-0.39, 0.29) is 0 Å². The largest absolute Gasteiger partial charge is 0.336 e. The summed E-state index contributed by atoms with van der Waals surface area (Å²) >= 11 is 0. The van der Waals surface area contributed by atoms with Gasteiger partial charge in [-0.15, -0.1) is 0 Å². The zero-order valence-electron chi connectivity index (χ0n) is 10.9. The summed E-state index contributed by atoms with van der Waals surface area (Å²) in [5.41, 5.74) is 0. The Hall–Kier alpha value is -0.990. The van der Waals surface area contributed by atoms with Gasteiger partial charge in [0.15, 0.2) is 6.20 Å². The lowest BCUT2D eigenvalue weighted by molar-refractivity contribution is -0.705. The molecule has 0 unspecified atom stereocenters. The standard InChI is InChI=1S/C13H25N2O/c1-4-7-9-14-10-11-15(16-12-6-3)13(14)8-5-2/h10-11H,4-9,12H2,1-3H3/q+1. The second kappa shape index (κ2) is 7.31. The molecule has 0 spiro atoms. The van der Waals surface area contributed by atoms with Crippen LogP contribution in [-0.2, 0) is 13.0 Å². The summed E-state index contributed by atoms with van der Waals surface area (Å²) in [5, 5.41) is 0. The Kier molecular flexibility index (Phi) is 5.98. The number of hydrogen-bond donors (Lipinski definition) is 0. The molecular formula is C13H25N2O+. The van der Waals surface area contributed by atoms with Crippen molar-refractivity contribution in [1.29, 1.82) is 0 Å². The van der Waals surface area contributed by atoms with E-state index in [1.165, 1.54) is 18.7 Å². The fourth-order valence-electron chi connectivity index (χ4n) is 1.76. The van der Waals surface area contributed by atoms with Crippen molar-refractivity contribution in [2.75, 3.05) is 6.61 Å². The first-order valence-electron chi connectivity index (χ1n) is 6.56. The molecule has 1 rings (SSSR count). The topological polar surface area (TPSA) is 18.0 Å². The van der Waals surface area contributed by atoms with Gasteiger partial charge in [-0.3, -0.25) is 0 Å². The number of aryl methyl sites for hydroxylation is 1. The van der Waals surface area contributed by atoms with Crippen LogP contribution in [0.15, 0.2) is 12.4 Å². The summed E-state index contributed by atoms with van der Waals surface area (Å²) in [6, 6.07) is 0. The van der Waals surface area contributed by atoms with Crippen LogP contribution in [0.1, 0.15) is 52.3 Å². The van der Waals surface area contributed by atoms with Crippen molar-refractivity contribution in [2.24, 2.45) is 0 Å². The van der Waals surface area contributed by atoms with E-state index in [2.05, 4.69) is 31.5 Å². The third-order valence-electron chi connectivity index (χ3n) is 2.63. The van der Waals surface area contributed by atoms with Crippen LogP contribution in [-0.4, -0.2) is 11.3 Å². The number of rotatable bonds is 8. The van der Waals surface area contributed by atoms with Gasteiger partial charge in [0.1, 0.15) is 12.8 Å². The minimum absolute atomic E-state index is 0.791. The Morgan fingerprint density at radius 2 is 2.00 bits per heavy atom. The number of nitrogens with zero attached hydrogens (tertiary/aromatic N) is 2. The van der Waals surface area contributed by atoms with E-state index in [1.807, 2.05) is 10.9 Å². The van der Waals surface area contributed by atoms with Gasteiger partial charge >= 0.3 is 0 Å². The van der Waals surface area contributed by atoms with Gasteiger partial charge in [-0.05, 0) is 24.0 Å². The molecule has 3 nitrogen and oxygen atoms in total. The van der Waals surface area contributed by atoms with Crippen molar-refractivity contribution in [3.05, 3.63) is 18.2 Å². The molecule has 0 atom stereocenters. The fourth-order valence-corrected chi connectivity index (χ4v) is 1.76. The van der Waals surface area contributed by atoms with Gasteiger partial charge in [0.2, 0.25) is 0 Å². The minimum Gasteiger partial charge on any atom is -0.336 e. The first-order chi connectivity index (χ1) is 7.83. The molecule has 0 aliphatic rings. The van der Waals surface area contributed by atoms with E-state index in [1.54, 1.807) is 0 Å². The van der Waals surface area contributed by atoms with Crippen molar-refractivity contribution in [2.45, 2.75) is 59.4 Å². The highest BCUT2D eigenvalue weighted by atomic mass is 16.7. The van der Waals surface area contributed by atoms with Crippen molar-refractivity contribution >= 4 is 0 Å². The van der Waals surface area contributed by atoms with Crippen LogP contribution >= 0.6 is 0 Å². The quantitative estimate of drug-likeness (QED) is 0.621. The molecule has 92 valence electrons. The van der Waals surface area contributed by atoms with E-state index in [4.69, 9.17) is 4.84 Å². The maximum Gasteiger partial charge on any atom is 0.296 e. The smallest absolute Gasteiger partial charge is 0.296 e. The predicted octanol–water partition coefficient (Wildman–Crippen LogP) is 2.37. The highest BCUT2D eigenvalue weighted by Gasteiger charge is 2.16. The van der Waals surface area contributed by atoms with Crippen molar-refractivity contribution in [3.63, 3.8) is 0 Å². The van der Waals surface area contributed by atoms with E-state index in [0.717, 1.165) is 32.4 Å². The Labute approximate surface area is 99.0 Å². The van der Waals surface area contributed by atoms with Gasteiger partial charge in [-0.2, -0.15) is 0 Å². The van der Waals surface area contributed by atoms with Crippen LogP contribution in [0, 0.1) is 0 Å². The van der Waals surface area contributed by atoms with Gasteiger partial charge in [0.25, 0.3) is 5.82 Å². The first-order valence-corrected chi connectivity index (χ1v) is 6.56. The lowest BCUT2D eigenvalue weighted by Crippen LogP contribution is -2.38. The molecule has 3 heteroatoms. The van der Waals surface area contributed by atoms with Crippen LogP contribution in [0.25, 0.3) is 0 Å². The van der Waals surface area contributed by atoms with Gasteiger partial charge < -0.3 is 4.84 Å². The van der Waals surface area contributed by atoms with E-state index >= 15 is 0 Å². The molecule has 0 fully saturated rings. The summed E-state index contributed by atoms with van der Waals surface area (Å²) in [7, 11) is 0. The van der Waals surface area contributed by atoms with Crippen LogP contribution < -0.4 is 9.40 Å². The van der Waals surface area contributed by atoms with E-state index < -0.39 is 0 Å². The van der Waals surface area contributed by atoms with Crippen molar-refractivity contribution in [1.82, 2.24) is 4.73 Å². The molecule has 1 aromatic heterocycles. The number of unbranched alkanes of at least 4 members (excludes halogenated alkanes) is 1. The van der Waals surface area contributed by atoms with Crippen LogP contribution in [0.3, 0.4) is 0 Å². The average Bonchev–Trinajstić information content (AvgIpc) is 2.67. The molecule has 0 saturated carbocycles. The van der Waals surface area contributed by atoms with Crippen LogP contribution in [0.4, 0.5) is 0 Å². The third-order valence-corrected chi connectivity index (χ3v) is 2.63. The summed E-state index contributed by atoms with van der Waals surface area (Å²) in [6.45, 7) is 8.47. The zero-order valence-corrected chi connectivity index (χ0v) is 10.9.